The van der Waals surface area contributed by atoms with Gasteiger partial charge in [-0.2, -0.15) is 0 Å². The molecule has 0 aliphatic carbocycles. The minimum absolute atomic E-state index is 0.204. The van der Waals surface area contributed by atoms with Crippen molar-refractivity contribution in [3.63, 3.8) is 0 Å². The molecular weight excluding hydrogens is 210 g/mol. The lowest BCUT2D eigenvalue weighted by atomic mass is 10.0. The third-order valence-corrected chi connectivity index (χ3v) is 2.77. The Labute approximate surface area is 93.2 Å². The Hall–Kier alpha value is -1.56. The first-order valence-electron chi connectivity index (χ1n) is 5.30. The third kappa shape index (κ3) is 2.01. The van der Waals surface area contributed by atoms with Crippen LogP contribution in [0.5, 0.6) is 0 Å². The average Bonchev–Trinajstić information content (AvgIpc) is 2.86. The van der Waals surface area contributed by atoms with Gasteiger partial charge in [0.25, 0.3) is 0 Å². The number of carbonyl (C=O) groups is 1. The molecule has 2 atom stereocenters. The van der Waals surface area contributed by atoms with E-state index in [0.717, 1.165) is 6.54 Å². The summed E-state index contributed by atoms with van der Waals surface area (Å²) in [5, 5.41) is 12.1. The molecule has 88 valence electrons. The van der Waals surface area contributed by atoms with Crippen molar-refractivity contribution in [2.24, 2.45) is 5.92 Å². The predicted molar refractivity (Wildman–Crippen MR) is 57.3 cm³/mol. The highest BCUT2D eigenvalue weighted by molar-refractivity contribution is 5.72. The second-order valence-corrected chi connectivity index (χ2v) is 3.77. The largest absolute Gasteiger partial charge is 0.481 e. The Bertz CT molecular complexity index is 377. The minimum Gasteiger partial charge on any atom is -0.481 e. The van der Waals surface area contributed by atoms with Gasteiger partial charge in [-0.15, -0.1) is 0 Å². The number of hydrogen-bond acceptors (Lipinski definition) is 4. The monoisotopic (exact) mass is 225 g/mol. The van der Waals surface area contributed by atoms with Crippen molar-refractivity contribution in [2.45, 2.75) is 19.5 Å². The van der Waals surface area contributed by atoms with Gasteiger partial charge in [-0.05, 0) is 6.92 Å². The van der Waals surface area contributed by atoms with Crippen LogP contribution in [-0.4, -0.2) is 39.9 Å². The predicted octanol–water partition coefficient (Wildman–Crippen LogP) is 0.414. The summed E-state index contributed by atoms with van der Waals surface area (Å²) < 4.78 is 7.10. The van der Waals surface area contributed by atoms with E-state index < -0.39 is 11.9 Å². The maximum Gasteiger partial charge on any atom is 0.311 e. The van der Waals surface area contributed by atoms with E-state index in [9.17, 15) is 4.79 Å². The summed E-state index contributed by atoms with van der Waals surface area (Å²) >= 11 is 0. The molecule has 1 saturated heterocycles. The Balaban J connectivity index is 2.06. The number of carboxylic acids is 1. The third-order valence-electron chi connectivity index (χ3n) is 2.77. The number of aryl methyl sites for hydroxylation is 1. The Kier molecular flexibility index (Phi) is 3.09. The highest BCUT2D eigenvalue weighted by atomic mass is 16.5. The lowest BCUT2D eigenvalue weighted by Gasteiger charge is -2.16. The quantitative estimate of drug-likeness (QED) is 0.776. The number of hydrogen-bond donors (Lipinski definition) is 2. The zero-order chi connectivity index (χ0) is 11.5. The number of nitrogens with one attached hydrogen (secondary N) is 1. The van der Waals surface area contributed by atoms with Crippen LogP contribution in [0.25, 0.3) is 0 Å². The number of imidazole rings is 1. The SMILES string of the molecule is CCn1ccnc1NC1COCC1C(=O)O. The van der Waals surface area contributed by atoms with Crippen molar-refractivity contribution in [3.05, 3.63) is 12.4 Å². The molecule has 6 heteroatoms. The van der Waals surface area contributed by atoms with Crippen LogP contribution < -0.4 is 5.32 Å². The zero-order valence-corrected chi connectivity index (χ0v) is 9.09. The Morgan fingerprint density at radius 1 is 1.75 bits per heavy atom. The van der Waals surface area contributed by atoms with Crippen molar-refractivity contribution >= 4 is 11.9 Å². The van der Waals surface area contributed by atoms with E-state index in [1.165, 1.54) is 0 Å². The average molecular weight is 225 g/mol. The number of aliphatic carboxylic acids is 1. The van der Waals surface area contributed by atoms with Gasteiger partial charge in [0, 0.05) is 18.9 Å². The van der Waals surface area contributed by atoms with Crippen LogP contribution in [-0.2, 0) is 16.1 Å². The summed E-state index contributed by atoms with van der Waals surface area (Å²) in [5.74, 6) is -0.629. The summed E-state index contributed by atoms with van der Waals surface area (Å²) in [4.78, 5) is 15.1. The number of anilines is 1. The van der Waals surface area contributed by atoms with E-state index in [1.807, 2.05) is 17.7 Å². The van der Waals surface area contributed by atoms with Crippen LogP contribution in [0, 0.1) is 5.92 Å². The first kappa shape index (κ1) is 10.9. The highest BCUT2D eigenvalue weighted by Gasteiger charge is 2.34. The van der Waals surface area contributed by atoms with Crippen LogP contribution >= 0.6 is 0 Å². The summed E-state index contributed by atoms with van der Waals surface area (Å²) in [7, 11) is 0. The van der Waals surface area contributed by atoms with Crippen LogP contribution in [0.4, 0.5) is 5.95 Å². The van der Waals surface area contributed by atoms with Crippen LogP contribution in [0.15, 0.2) is 12.4 Å². The first-order chi connectivity index (χ1) is 7.72. The summed E-state index contributed by atoms with van der Waals surface area (Å²) in [6.45, 7) is 3.48. The zero-order valence-electron chi connectivity index (χ0n) is 9.09. The fraction of sp³-hybridized carbons (Fsp3) is 0.600. The highest BCUT2D eigenvalue weighted by Crippen LogP contribution is 2.18. The van der Waals surface area contributed by atoms with Gasteiger partial charge in [-0.25, -0.2) is 4.98 Å². The Morgan fingerprint density at radius 3 is 3.25 bits per heavy atom. The number of aromatic nitrogens is 2. The molecule has 2 N–H and O–H groups in total. The second-order valence-electron chi connectivity index (χ2n) is 3.77. The van der Waals surface area contributed by atoms with Gasteiger partial charge in [0.05, 0.1) is 19.3 Å². The van der Waals surface area contributed by atoms with E-state index in [4.69, 9.17) is 9.84 Å². The molecule has 1 aliphatic rings. The van der Waals surface area contributed by atoms with Crippen molar-refractivity contribution in [2.75, 3.05) is 18.5 Å². The van der Waals surface area contributed by atoms with E-state index in [2.05, 4.69) is 10.3 Å². The van der Waals surface area contributed by atoms with Crippen LogP contribution in [0.3, 0.4) is 0 Å². The van der Waals surface area contributed by atoms with Gasteiger partial charge in [-0.1, -0.05) is 0 Å². The molecule has 1 aromatic rings. The smallest absolute Gasteiger partial charge is 0.311 e. The molecule has 1 aliphatic heterocycles. The molecule has 0 bridgehead atoms. The number of rotatable bonds is 4. The minimum atomic E-state index is -0.829. The Morgan fingerprint density at radius 2 is 2.56 bits per heavy atom. The van der Waals surface area contributed by atoms with Crippen molar-refractivity contribution in [1.82, 2.24) is 9.55 Å². The van der Waals surface area contributed by atoms with Gasteiger partial charge < -0.3 is 19.7 Å². The molecule has 2 heterocycles. The lowest BCUT2D eigenvalue weighted by molar-refractivity contribution is -0.141. The molecule has 6 nitrogen and oxygen atoms in total. The number of ether oxygens (including phenoxy) is 1. The van der Waals surface area contributed by atoms with E-state index in [1.54, 1.807) is 6.20 Å². The van der Waals surface area contributed by atoms with Crippen LogP contribution in [0.2, 0.25) is 0 Å². The maximum atomic E-state index is 10.9. The van der Waals surface area contributed by atoms with Crippen molar-refractivity contribution in [1.29, 1.82) is 0 Å². The standard InChI is InChI=1S/C10H15N3O3/c1-2-13-4-3-11-10(13)12-8-6-16-5-7(8)9(14)15/h3-4,7-8H,2,5-6H2,1H3,(H,11,12)(H,14,15). The van der Waals surface area contributed by atoms with Crippen molar-refractivity contribution < 1.29 is 14.6 Å². The fourth-order valence-electron chi connectivity index (χ4n) is 1.81. The van der Waals surface area contributed by atoms with Crippen molar-refractivity contribution in [3.8, 4) is 0 Å². The molecule has 16 heavy (non-hydrogen) atoms. The summed E-state index contributed by atoms with van der Waals surface area (Å²) in [6, 6.07) is -0.204. The summed E-state index contributed by atoms with van der Waals surface area (Å²) in [6.07, 6.45) is 3.55. The van der Waals surface area contributed by atoms with Gasteiger partial charge >= 0.3 is 5.97 Å². The first-order valence-corrected chi connectivity index (χ1v) is 5.30. The molecule has 0 amide bonds. The molecule has 0 saturated carbocycles. The van der Waals surface area contributed by atoms with Gasteiger partial charge in [0.2, 0.25) is 5.95 Å². The molecular formula is C10H15N3O3. The fourth-order valence-corrected chi connectivity index (χ4v) is 1.81. The molecule has 0 spiro atoms. The van der Waals surface area contributed by atoms with E-state index in [-0.39, 0.29) is 12.6 Å². The van der Waals surface area contributed by atoms with Gasteiger partial charge in [0.1, 0.15) is 5.92 Å². The topological polar surface area (TPSA) is 76.4 Å². The molecule has 2 unspecified atom stereocenters. The molecule has 2 rings (SSSR count). The molecule has 0 aromatic carbocycles. The number of carboxylic acid groups (broad SMARTS) is 1. The van der Waals surface area contributed by atoms with Crippen LogP contribution in [0.1, 0.15) is 6.92 Å². The number of nitrogens with zero attached hydrogens (tertiary/aromatic N) is 2. The van der Waals surface area contributed by atoms with E-state index >= 15 is 0 Å². The van der Waals surface area contributed by atoms with Gasteiger partial charge in [-0.3, -0.25) is 4.79 Å². The molecule has 1 fully saturated rings. The molecule has 1 aromatic heterocycles. The normalized spacial score (nSPS) is 24.6. The maximum absolute atomic E-state index is 10.9. The summed E-state index contributed by atoms with van der Waals surface area (Å²) in [5.41, 5.74) is 0. The molecule has 0 radical (unpaired) electrons. The second kappa shape index (κ2) is 4.52. The van der Waals surface area contributed by atoms with E-state index in [0.29, 0.717) is 12.6 Å². The lowest BCUT2D eigenvalue weighted by Crippen LogP contribution is -2.34. The van der Waals surface area contributed by atoms with Gasteiger partial charge in [0.15, 0.2) is 0 Å².